The van der Waals surface area contributed by atoms with Crippen LogP contribution in [0, 0.1) is 5.92 Å². The zero-order valence-corrected chi connectivity index (χ0v) is 19.9. The minimum Gasteiger partial charge on any atom is -0.356 e. The van der Waals surface area contributed by atoms with Gasteiger partial charge in [-0.05, 0) is 52.4 Å². The Labute approximate surface area is 182 Å². The van der Waals surface area contributed by atoms with Gasteiger partial charge in [0.2, 0.25) is 11.8 Å². The van der Waals surface area contributed by atoms with E-state index in [1.807, 2.05) is 0 Å². The molecule has 1 atom stereocenters. The molecule has 0 aliphatic carbocycles. The van der Waals surface area contributed by atoms with Crippen LogP contribution in [0.25, 0.3) is 0 Å². The van der Waals surface area contributed by atoms with Crippen molar-refractivity contribution in [2.24, 2.45) is 5.92 Å². The first-order valence-corrected chi connectivity index (χ1v) is 12.7. The van der Waals surface area contributed by atoms with Crippen molar-refractivity contribution >= 4 is 43.3 Å². The van der Waals surface area contributed by atoms with E-state index < -0.39 is 9.84 Å². The maximum Gasteiger partial charge on any atom is 0.223 e. The molecule has 162 valence electrons. The van der Waals surface area contributed by atoms with E-state index in [1.54, 1.807) is 17.0 Å². The smallest absolute Gasteiger partial charge is 0.223 e. The van der Waals surface area contributed by atoms with Gasteiger partial charge in [-0.2, -0.15) is 0 Å². The molecular formula is C21H31BrN2O4S. The summed E-state index contributed by atoms with van der Waals surface area (Å²) in [6, 6.07) is 3.32. The molecule has 1 aromatic carbocycles. The number of benzene rings is 1. The van der Waals surface area contributed by atoms with Crippen LogP contribution in [0.1, 0.15) is 58.4 Å². The van der Waals surface area contributed by atoms with Crippen molar-refractivity contribution in [1.82, 2.24) is 5.32 Å². The topological polar surface area (TPSA) is 83.6 Å². The SMILES string of the molecule is CCCC[C@H](CC)CNC(=O)CCS(=O)(=O)c1cc2c(cc1Br)CCN2C(C)=O. The third-order valence-electron chi connectivity index (χ3n) is 5.47. The summed E-state index contributed by atoms with van der Waals surface area (Å²) in [7, 11) is -3.66. The monoisotopic (exact) mass is 486 g/mol. The quantitative estimate of drug-likeness (QED) is 0.544. The lowest BCUT2D eigenvalue weighted by Crippen LogP contribution is -2.30. The van der Waals surface area contributed by atoms with Crippen molar-refractivity contribution in [2.45, 2.75) is 64.2 Å². The number of halogens is 1. The second kappa shape index (κ2) is 10.6. The van der Waals surface area contributed by atoms with E-state index in [9.17, 15) is 18.0 Å². The zero-order valence-electron chi connectivity index (χ0n) is 17.5. The van der Waals surface area contributed by atoms with Crippen molar-refractivity contribution in [3.05, 3.63) is 22.2 Å². The van der Waals surface area contributed by atoms with E-state index in [4.69, 9.17) is 0 Å². The maximum absolute atomic E-state index is 12.9. The molecule has 8 heteroatoms. The van der Waals surface area contributed by atoms with E-state index in [0.29, 0.717) is 35.6 Å². The molecule has 0 spiro atoms. The lowest BCUT2D eigenvalue weighted by atomic mass is 9.99. The third-order valence-corrected chi connectivity index (χ3v) is 8.14. The van der Waals surface area contributed by atoms with Crippen LogP contribution >= 0.6 is 15.9 Å². The number of nitrogens with zero attached hydrogens (tertiary/aromatic N) is 1. The number of carbonyl (C=O) groups is 2. The number of anilines is 1. The highest BCUT2D eigenvalue weighted by atomic mass is 79.9. The molecule has 2 amide bonds. The van der Waals surface area contributed by atoms with Gasteiger partial charge >= 0.3 is 0 Å². The first-order valence-electron chi connectivity index (χ1n) is 10.3. The molecule has 1 heterocycles. The van der Waals surface area contributed by atoms with E-state index in [2.05, 4.69) is 35.1 Å². The fourth-order valence-corrected chi connectivity index (χ4v) is 6.03. The summed E-state index contributed by atoms with van der Waals surface area (Å²) >= 11 is 3.35. The standard InChI is InChI=1S/C21H31BrN2O4S/c1-4-6-7-16(5-2)14-23-21(26)9-11-29(27,28)20-13-19-17(12-18(20)22)8-10-24(19)15(3)25/h12-13,16H,4-11,14H2,1-3H3,(H,23,26)/t16-/m0/s1. The van der Waals surface area contributed by atoms with Gasteiger partial charge in [-0.15, -0.1) is 0 Å². The minimum atomic E-state index is -3.66. The van der Waals surface area contributed by atoms with Crippen LogP contribution in [0.2, 0.25) is 0 Å². The van der Waals surface area contributed by atoms with Crippen LogP contribution in [0.15, 0.2) is 21.5 Å². The average molecular weight is 487 g/mol. The molecule has 1 aliphatic heterocycles. The number of hydrogen-bond donors (Lipinski definition) is 1. The van der Waals surface area contributed by atoms with Crippen molar-refractivity contribution in [1.29, 1.82) is 0 Å². The van der Waals surface area contributed by atoms with Crippen LogP contribution in [0.5, 0.6) is 0 Å². The number of carbonyl (C=O) groups excluding carboxylic acids is 2. The Kier molecular flexibility index (Phi) is 8.70. The summed E-state index contributed by atoms with van der Waals surface area (Å²) in [6.45, 7) is 6.86. The molecule has 0 unspecified atom stereocenters. The summed E-state index contributed by atoms with van der Waals surface area (Å²) < 4.78 is 26.2. The third kappa shape index (κ3) is 6.28. The molecule has 1 aliphatic rings. The molecule has 0 fully saturated rings. The molecular weight excluding hydrogens is 456 g/mol. The summed E-state index contributed by atoms with van der Waals surface area (Å²) in [5.41, 5.74) is 1.59. The van der Waals surface area contributed by atoms with Crippen LogP contribution in [-0.4, -0.2) is 39.1 Å². The molecule has 0 aromatic heterocycles. The van der Waals surface area contributed by atoms with Crippen LogP contribution in [0.3, 0.4) is 0 Å². The highest BCUT2D eigenvalue weighted by molar-refractivity contribution is 9.10. The number of rotatable bonds is 10. The van der Waals surface area contributed by atoms with Gasteiger partial charge in [0, 0.05) is 36.6 Å². The Morgan fingerprint density at radius 2 is 2.00 bits per heavy atom. The minimum absolute atomic E-state index is 0.0769. The number of unbranched alkanes of at least 4 members (excludes halogenated alkanes) is 1. The molecule has 0 bridgehead atoms. The van der Waals surface area contributed by atoms with Crippen molar-refractivity contribution in [3.63, 3.8) is 0 Å². The largest absolute Gasteiger partial charge is 0.356 e. The summed E-state index contributed by atoms with van der Waals surface area (Å²) in [5, 5.41) is 2.88. The first-order chi connectivity index (χ1) is 13.7. The molecule has 0 radical (unpaired) electrons. The Morgan fingerprint density at radius 1 is 1.28 bits per heavy atom. The van der Waals surface area contributed by atoms with E-state index in [-0.39, 0.29) is 28.9 Å². The molecule has 0 saturated carbocycles. The normalized spacial score (nSPS) is 14.6. The van der Waals surface area contributed by atoms with Gasteiger partial charge in [-0.3, -0.25) is 9.59 Å². The molecule has 29 heavy (non-hydrogen) atoms. The average Bonchev–Trinajstić information content (AvgIpc) is 3.09. The Morgan fingerprint density at radius 3 is 2.62 bits per heavy atom. The van der Waals surface area contributed by atoms with Crippen LogP contribution < -0.4 is 10.2 Å². The number of sulfone groups is 1. The summed E-state index contributed by atoms with van der Waals surface area (Å²) in [4.78, 5) is 25.7. The highest BCUT2D eigenvalue weighted by Crippen LogP contribution is 2.36. The maximum atomic E-state index is 12.9. The molecule has 1 N–H and O–H groups in total. The fraction of sp³-hybridized carbons (Fsp3) is 0.619. The van der Waals surface area contributed by atoms with Gasteiger partial charge in [-0.1, -0.05) is 33.1 Å². The lowest BCUT2D eigenvalue weighted by Gasteiger charge is -2.17. The first kappa shape index (κ1) is 23.9. The molecule has 2 rings (SSSR count). The van der Waals surface area contributed by atoms with Gasteiger partial charge in [0.25, 0.3) is 0 Å². The van der Waals surface area contributed by atoms with Gasteiger partial charge in [0.05, 0.1) is 10.6 Å². The summed E-state index contributed by atoms with van der Waals surface area (Å²) in [5.74, 6) is -0.186. The highest BCUT2D eigenvalue weighted by Gasteiger charge is 2.27. The van der Waals surface area contributed by atoms with E-state index >= 15 is 0 Å². The summed E-state index contributed by atoms with van der Waals surface area (Å²) in [6.07, 6.45) is 4.94. The predicted molar refractivity (Wildman–Crippen MR) is 119 cm³/mol. The zero-order chi connectivity index (χ0) is 21.6. The van der Waals surface area contributed by atoms with Crippen LogP contribution in [-0.2, 0) is 25.8 Å². The van der Waals surface area contributed by atoms with Gasteiger partial charge in [0.1, 0.15) is 0 Å². The predicted octanol–water partition coefficient (Wildman–Crippen LogP) is 3.85. The van der Waals surface area contributed by atoms with Crippen molar-refractivity contribution in [3.8, 4) is 0 Å². The number of nitrogens with one attached hydrogen (secondary N) is 1. The lowest BCUT2D eigenvalue weighted by molar-refractivity contribution is -0.121. The molecule has 1 aromatic rings. The van der Waals surface area contributed by atoms with Gasteiger partial charge < -0.3 is 10.2 Å². The van der Waals surface area contributed by atoms with Crippen LogP contribution in [0.4, 0.5) is 5.69 Å². The Bertz CT molecular complexity index is 854. The molecule has 0 saturated heterocycles. The number of amides is 2. The van der Waals surface area contributed by atoms with E-state index in [1.165, 1.54) is 6.92 Å². The second-order valence-corrected chi connectivity index (χ2v) is 10.6. The van der Waals surface area contributed by atoms with E-state index in [0.717, 1.165) is 31.2 Å². The Hall–Kier alpha value is -1.41. The van der Waals surface area contributed by atoms with Crippen molar-refractivity contribution < 1.29 is 18.0 Å². The number of fused-ring (bicyclic) bond motifs is 1. The van der Waals surface area contributed by atoms with Gasteiger partial charge in [-0.25, -0.2) is 8.42 Å². The Balaban J connectivity index is 2.02. The fourth-order valence-electron chi connectivity index (χ4n) is 3.58. The number of hydrogen-bond acceptors (Lipinski definition) is 4. The van der Waals surface area contributed by atoms with Crippen molar-refractivity contribution in [2.75, 3.05) is 23.7 Å². The van der Waals surface area contributed by atoms with Gasteiger partial charge in [0.15, 0.2) is 9.84 Å². The second-order valence-electron chi connectivity index (χ2n) is 7.62. The molecule has 6 nitrogen and oxygen atoms in total.